The van der Waals surface area contributed by atoms with Crippen LogP contribution in [-0.4, -0.2) is 32.2 Å². The Kier molecular flexibility index (Phi) is 2.50. The Bertz CT molecular complexity index is 381. The normalized spacial score (nSPS) is 10.6. The fourth-order valence-corrected chi connectivity index (χ4v) is 0.965. The molecule has 2 rings (SSSR count). The highest BCUT2D eigenvalue weighted by molar-refractivity contribution is 5.42. The molecule has 2 aromatic rings. The second-order valence-corrected chi connectivity index (χ2v) is 2.64. The van der Waals surface area contributed by atoms with E-state index in [1.54, 1.807) is 0 Å². The Morgan fingerprint density at radius 2 is 2.43 bits per heavy atom. The number of aromatic nitrogens is 5. The Hall–Kier alpha value is -1.76. The predicted molar refractivity (Wildman–Crippen MR) is 47.1 cm³/mol. The molecule has 0 saturated heterocycles. The number of aromatic amines is 1. The lowest BCUT2D eigenvalue weighted by atomic mass is 10.5. The highest BCUT2D eigenvalue weighted by Gasteiger charge is 2.09. The maximum atomic E-state index is 5.32. The van der Waals surface area contributed by atoms with Crippen LogP contribution in [0.25, 0.3) is 11.6 Å². The summed E-state index contributed by atoms with van der Waals surface area (Å²) in [5, 5.41) is 20.7. The number of hydrogen-bond donors (Lipinski definition) is 2. The van der Waals surface area contributed by atoms with Gasteiger partial charge in [0.1, 0.15) is 0 Å². The molecule has 7 nitrogen and oxygen atoms in total. The van der Waals surface area contributed by atoms with Crippen molar-refractivity contribution >= 4 is 0 Å². The van der Waals surface area contributed by atoms with Crippen LogP contribution in [0.2, 0.25) is 0 Å². The van der Waals surface area contributed by atoms with Gasteiger partial charge in [-0.05, 0) is 6.54 Å². The van der Waals surface area contributed by atoms with Crippen molar-refractivity contribution in [2.24, 2.45) is 0 Å². The van der Waals surface area contributed by atoms with E-state index in [9.17, 15) is 0 Å². The maximum Gasteiger partial charge on any atom is 0.269 e. The number of hydrogen-bond acceptors (Lipinski definition) is 6. The average Bonchev–Trinajstić information content (AvgIpc) is 2.85. The molecule has 0 saturated carbocycles. The third-order valence-electron chi connectivity index (χ3n) is 1.63. The third-order valence-corrected chi connectivity index (χ3v) is 1.63. The first kappa shape index (κ1) is 8.82. The minimum absolute atomic E-state index is 0.381. The van der Waals surface area contributed by atoms with Crippen molar-refractivity contribution in [3.8, 4) is 11.6 Å². The van der Waals surface area contributed by atoms with Gasteiger partial charge in [-0.15, -0.1) is 10.2 Å². The van der Waals surface area contributed by atoms with Crippen LogP contribution >= 0.6 is 0 Å². The highest BCUT2D eigenvalue weighted by atomic mass is 16.4. The van der Waals surface area contributed by atoms with E-state index in [0.29, 0.717) is 24.0 Å². The van der Waals surface area contributed by atoms with Crippen molar-refractivity contribution in [2.75, 3.05) is 6.54 Å². The Balaban J connectivity index is 2.10. The zero-order valence-electron chi connectivity index (χ0n) is 7.69. The molecule has 0 fully saturated rings. The quantitative estimate of drug-likeness (QED) is 0.709. The molecule has 0 amide bonds. The molecule has 0 atom stereocenters. The summed E-state index contributed by atoms with van der Waals surface area (Å²) in [5.74, 6) is 0.927. The topological polar surface area (TPSA) is 92.5 Å². The van der Waals surface area contributed by atoms with Gasteiger partial charge in [0.15, 0.2) is 5.69 Å². The van der Waals surface area contributed by atoms with Gasteiger partial charge >= 0.3 is 0 Å². The number of nitrogens with one attached hydrogen (secondary N) is 2. The summed E-state index contributed by atoms with van der Waals surface area (Å²) in [4.78, 5) is 0. The van der Waals surface area contributed by atoms with Crippen LogP contribution in [0.5, 0.6) is 0 Å². The van der Waals surface area contributed by atoms with Gasteiger partial charge < -0.3 is 9.73 Å². The van der Waals surface area contributed by atoms with E-state index < -0.39 is 0 Å². The lowest BCUT2D eigenvalue weighted by Crippen LogP contribution is -2.11. The van der Waals surface area contributed by atoms with Gasteiger partial charge in [0.05, 0.1) is 12.7 Å². The first-order chi connectivity index (χ1) is 6.90. The van der Waals surface area contributed by atoms with Crippen molar-refractivity contribution in [3.63, 3.8) is 0 Å². The van der Waals surface area contributed by atoms with Crippen molar-refractivity contribution in [1.29, 1.82) is 0 Å². The molecule has 0 aliphatic carbocycles. The highest BCUT2D eigenvalue weighted by Crippen LogP contribution is 2.12. The second kappa shape index (κ2) is 3.97. The lowest BCUT2D eigenvalue weighted by molar-refractivity contribution is 0.481. The Morgan fingerprint density at radius 1 is 1.50 bits per heavy atom. The summed E-state index contributed by atoms with van der Waals surface area (Å²) in [6.07, 6.45) is 1.53. The SMILES string of the molecule is CCNCc1nnc(-c2cn[nH]n2)o1. The largest absolute Gasteiger partial charge is 0.418 e. The van der Waals surface area contributed by atoms with Crippen LogP contribution in [0.1, 0.15) is 12.8 Å². The molecular weight excluding hydrogens is 184 g/mol. The van der Waals surface area contributed by atoms with Crippen molar-refractivity contribution < 1.29 is 4.42 Å². The summed E-state index contributed by atoms with van der Waals surface area (Å²) < 4.78 is 5.32. The Morgan fingerprint density at radius 3 is 3.14 bits per heavy atom. The molecule has 0 aliphatic rings. The standard InChI is InChI=1S/C7H10N6O/c1-2-8-4-6-11-12-7(14-6)5-3-9-13-10-5/h3,8H,2,4H2,1H3,(H,9,10,13). The van der Waals surface area contributed by atoms with Gasteiger partial charge in [-0.2, -0.15) is 15.4 Å². The molecule has 0 spiro atoms. The van der Waals surface area contributed by atoms with E-state index >= 15 is 0 Å². The zero-order valence-corrected chi connectivity index (χ0v) is 7.69. The minimum Gasteiger partial charge on any atom is -0.418 e. The molecule has 7 heteroatoms. The number of H-pyrrole nitrogens is 1. The first-order valence-corrected chi connectivity index (χ1v) is 4.29. The summed E-state index contributed by atoms with van der Waals surface area (Å²) in [6.45, 7) is 3.44. The van der Waals surface area contributed by atoms with Crippen LogP contribution in [-0.2, 0) is 6.54 Å². The summed E-state index contributed by atoms with van der Waals surface area (Å²) >= 11 is 0. The molecule has 0 unspecified atom stereocenters. The van der Waals surface area contributed by atoms with Crippen LogP contribution in [0.4, 0.5) is 0 Å². The van der Waals surface area contributed by atoms with Gasteiger partial charge in [0, 0.05) is 0 Å². The van der Waals surface area contributed by atoms with Gasteiger partial charge in [0.2, 0.25) is 5.89 Å². The van der Waals surface area contributed by atoms with Gasteiger partial charge in [0.25, 0.3) is 5.89 Å². The number of nitrogens with zero attached hydrogens (tertiary/aromatic N) is 4. The smallest absolute Gasteiger partial charge is 0.269 e. The summed E-state index contributed by atoms with van der Waals surface area (Å²) in [5.41, 5.74) is 0.556. The predicted octanol–water partition coefficient (Wildman–Crippen LogP) is -0.0358. The zero-order chi connectivity index (χ0) is 9.80. The second-order valence-electron chi connectivity index (χ2n) is 2.64. The van der Waals surface area contributed by atoms with Gasteiger partial charge in [-0.3, -0.25) is 0 Å². The van der Waals surface area contributed by atoms with Crippen LogP contribution in [0, 0.1) is 0 Å². The first-order valence-electron chi connectivity index (χ1n) is 4.29. The summed E-state index contributed by atoms with van der Waals surface area (Å²) in [6, 6.07) is 0. The minimum atomic E-state index is 0.381. The molecule has 2 heterocycles. The fourth-order valence-electron chi connectivity index (χ4n) is 0.965. The van der Waals surface area contributed by atoms with E-state index in [-0.39, 0.29) is 0 Å². The van der Waals surface area contributed by atoms with Gasteiger partial charge in [-0.25, -0.2) is 0 Å². The van der Waals surface area contributed by atoms with Crippen molar-refractivity contribution in [1.82, 2.24) is 30.9 Å². The van der Waals surface area contributed by atoms with Crippen LogP contribution in [0.3, 0.4) is 0 Å². The molecular formula is C7H10N6O. The summed E-state index contributed by atoms with van der Waals surface area (Å²) in [7, 11) is 0. The molecule has 74 valence electrons. The van der Waals surface area contributed by atoms with Gasteiger partial charge in [-0.1, -0.05) is 6.92 Å². The van der Waals surface area contributed by atoms with E-state index in [1.165, 1.54) is 6.20 Å². The molecule has 2 aromatic heterocycles. The molecule has 0 radical (unpaired) electrons. The lowest BCUT2D eigenvalue weighted by Gasteiger charge is -1.92. The molecule has 0 aromatic carbocycles. The number of rotatable bonds is 4. The van der Waals surface area contributed by atoms with Crippen molar-refractivity contribution in [3.05, 3.63) is 12.1 Å². The average molecular weight is 194 g/mol. The molecule has 0 bridgehead atoms. The molecule has 14 heavy (non-hydrogen) atoms. The molecule has 2 N–H and O–H groups in total. The maximum absolute atomic E-state index is 5.32. The van der Waals surface area contributed by atoms with Crippen LogP contribution in [0.15, 0.2) is 10.6 Å². The van der Waals surface area contributed by atoms with Crippen LogP contribution < -0.4 is 5.32 Å². The Labute approximate surface area is 79.9 Å². The fraction of sp³-hybridized carbons (Fsp3) is 0.429. The van der Waals surface area contributed by atoms with E-state index in [1.807, 2.05) is 6.92 Å². The van der Waals surface area contributed by atoms with E-state index in [2.05, 4.69) is 30.9 Å². The van der Waals surface area contributed by atoms with E-state index in [0.717, 1.165) is 6.54 Å². The van der Waals surface area contributed by atoms with Crippen molar-refractivity contribution in [2.45, 2.75) is 13.5 Å². The van der Waals surface area contributed by atoms with E-state index in [4.69, 9.17) is 4.42 Å². The third kappa shape index (κ3) is 1.77. The molecule has 0 aliphatic heterocycles. The monoisotopic (exact) mass is 194 g/mol.